The minimum atomic E-state index is 0.132. The molecular weight excluding hydrogens is 216 g/mol. The molecule has 4 nitrogen and oxygen atoms in total. The molecule has 1 aromatic carbocycles. The van der Waals surface area contributed by atoms with E-state index < -0.39 is 0 Å². The van der Waals surface area contributed by atoms with Crippen LogP contribution < -0.4 is 10.6 Å². The van der Waals surface area contributed by atoms with Gasteiger partial charge in [-0.3, -0.25) is 4.79 Å². The lowest BCUT2D eigenvalue weighted by Crippen LogP contribution is -2.46. The number of carbonyl (C=O) groups is 1. The molecule has 92 valence electrons. The Morgan fingerprint density at radius 1 is 1.53 bits per heavy atom. The first-order valence-electron chi connectivity index (χ1n) is 5.97. The number of nitrogens with one attached hydrogen (secondary N) is 2. The number of carbonyl (C=O) groups excluding carboxylic acids is 1. The molecule has 2 rings (SSSR count). The molecule has 0 spiro atoms. The molecule has 0 radical (unpaired) electrons. The smallest absolute Gasteiger partial charge is 0.220 e. The summed E-state index contributed by atoms with van der Waals surface area (Å²) in [6.45, 7) is 2.74. The molecule has 1 aromatic rings. The summed E-state index contributed by atoms with van der Waals surface area (Å²) in [6.07, 6.45) is 1.46. The number of rotatable bonds is 3. The highest BCUT2D eigenvalue weighted by molar-refractivity contribution is 5.76. The van der Waals surface area contributed by atoms with E-state index in [9.17, 15) is 9.90 Å². The van der Waals surface area contributed by atoms with E-state index >= 15 is 0 Å². The van der Waals surface area contributed by atoms with E-state index in [1.165, 1.54) is 0 Å². The molecule has 2 unspecified atom stereocenters. The Bertz CT molecular complexity index is 396. The fraction of sp³-hybridized carbons (Fsp3) is 0.462. The van der Waals surface area contributed by atoms with Crippen molar-refractivity contribution in [1.82, 2.24) is 10.6 Å². The Morgan fingerprint density at radius 3 is 3.00 bits per heavy atom. The predicted octanol–water partition coefficient (Wildman–Crippen LogP) is 1.32. The average Bonchev–Trinajstić information content (AvgIpc) is 2.32. The fourth-order valence-corrected chi connectivity index (χ4v) is 2.12. The average molecular weight is 234 g/mol. The van der Waals surface area contributed by atoms with Crippen LogP contribution in [0.15, 0.2) is 24.3 Å². The summed E-state index contributed by atoms with van der Waals surface area (Å²) < 4.78 is 0. The lowest BCUT2D eigenvalue weighted by Gasteiger charge is -2.27. The number of aromatic hydroxyl groups is 1. The zero-order valence-electron chi connectivity index (χ0n) is 9.94. The summed E-state index contributed by atoms with van der Waals surface area (Å²) in [6, 6.07) is 7.73. The Hall–Kier alpha value is -1.55. The Kier molecular flexibility index (Phi) is 3.64. The largest absolute Gasteiger partial charge is 0.508 e. The first-order valence-corrected chi connectivity index (χ1v) is 5.97. The number of phenols is 1. The molecule has 4 heteroatoms. The van der Waals surface area contributed by atoms with Gasteiger partial charge in [0.25, 0.3) is 0 Å². The van der Waals surface area contributed by atoms with Gasteiger partial charge in [-0.1, -0.05) is 12.1 Å². The minimum Gasteiger partial charge on any atom is -0.508 e. The van der Waals surface area contributed by atoms with E-state index in [-0.39, 0.29) is 17.7 Å². The van der Waals surface area contributed by atoms with Gasteiger partial charge in [0.05, 0.1) is 0 Å². The van der Waals surface area contributed by atoms with E-state index in [0.29, 0.717) is 19.0 Å². The van der Waals surface area contributed by atoms with Crippen LogP contribution >= 0.6 is 0 Å². The van der Waals surface area contributed by atoms with Crippen LogP contribution in [0.3, 0.4) is 0 Å². The third-order valence-electron chi connectivity index (χ3n) is 3.12. The van der Waals surface area contributed by atoms with E-state index in [4.69, 9.17) is 0 Å². The number of hydrogen-bond acceptors (Lipinski definition) is 3. The fourth-order valence-electron chi connectivity index (χ4n) is 2.12. The number of amides is 1. The zero-order valence-corrected chi connectivity index (χ0v) is 9.94. The molecule has 0 aromatic heterocycles. The van der Waals surface area contributed by atoms with Crippen LogP contribution in [0.1, 0.15) is 31.4 Å². The summed E-state index contributed by atoms with van der Waals surface area (Å²) in [7, 11) is 0. The van der Waals surface area contributed by atoms with E-state index in [1.54, 1.807) is 12.1 Å². The van der Waals surface area contributed by atoms with E-state index in [1.807, 2.05) is 12.1 Å². The number of benzene rings is 1. The third kappa shape index (κ3) is 3.20. The van der Waals surface area contributed by atoms with Crippen molar-refractivity contribution in [2.24, 2.45) is 0 Å². The zero-order chi connectivity index (χ0) is 12.3. The summed E-state index contributed by atoms with van der Waals surface area (Å²) in [5.74, 6) is 0.418. The van der Waals surface area contributed by atoms with Gasteiger partial charge in [0.2, 0.25) is 5.91 Å². The number of phenolic OH excluding ortho intramolecular Hbond substituents is 1. The summed E-state index contributed by atoms with van der Waals surface area (Å²) in [5, 5.41) is 15.7. The van der Waals surface area contributed by atoms with Crippen LogP contribution in [0.2, 0.25) is 0 Å². The quantitative estimate of drug-likeness (QED) is 0.739. The van der Waals surface area contributed by atoms with Crippen LogP contribution in [0.4, 0.5) is 0 Å². The van der Waals surface area contributed by atoms with E-state index in [2.05, 4.69) is 17.6 Å². The molecule has 1 amide bonds. The van der Waals surface area contributed by atoms with Gasteiger partial charge in [-0.25, -0.2) is 0 Å². The van der Waals surface area contributed by atoms with Gasteiger partial charge < -0.3 is 15.7 Å². The normalized spacial score (nSPS) is 21.9. The van der Waals surface area contributed by atoms with Gasteiger partial charge in [-0.2, -0.15) is 0 Å². The molecule has 2 atom stereocenters. The Morgan fingerprint density at radius 2 is 2.35 bits per heavy atom. The van der Waals surface area contributed by atoms with Crippen LogP contribution in [0.5, 0.6) is 5.75 Å². The van der Waals surface area contributed by atoms with Gasteiger partial charge in [-0.05, 0) is 31.0 Å². The number of hydrogen-bond donors (Lipinski definition) is 3. The highest BCUT2D eigenvalue weighted by Crippen LogP contribution is 2.19. The van der Waals surface area contributed by atoms with Crippen LogP contribution in [0, 0.1) is 0 Å². The van der Waals surface area contributed by atoms with Crippen LogP contribution in [-0.2, 0) is 4.79 Å². The van der Waals surface area contributed by atoms with Crippen molar-refractivity contribution in [2.75, 3.05) is 6.54 Å². The Labute approximate surface area is 101 Å². The van der Waals surface area contributed by atoms with Gasteiger partial charge in [-0.15, -0.1) is 0 Å². The molecular formula is C13H18N2O2. The second-order valence-electron chi connectivity index (χ2n) is 4.52. The van der Waals surface area contributed by atoms with Crippen molar-refractivity contribution in [2.45, 2.75) is 31.8 Å². The maximum Gasteiger partial charge on any atom is 0.220 e. The van der Waals surface area contributed by atoms with Gasteiger partial charge in [0.15, 0.2) is 0 Å². The van der Waals surface area contributed by atoms with Crippen molar-refractivity contribution in [3.63, 3.8) is 0 Å². The van der Waals surface area contributed by atoms with E-state index in [0.717, 1.165) is 12.0 Å². The van der Waals surface area contributed by atoms with Crippen molar-refractivity contribution in [3.8, 4) is 5.75 Å². The first kappa shape index (κ1) is 11.9. The van der Waals surface area contributed by atoms with Gasteiger partial charge in [0, 0.05) is 25.0 Å². The molecule has 3 N–H and O–H groups in total. The molecule has 0 saturated carbocycles. The summed E-state index contributed by atoms with van der Waals surface area (Å²) in [5.41, 5.74) is 1.06. The summed E-state index contributed by atoms with van der Waals surface area (Å²) in [4.78, 5) is 11.0. The van der Waals surface area contributed by atoms with Gasteiger partial charge >= 0.3 is 0 Å². The lowest BCUT2D eigenvalue weighted by atomic mass is 10.0. The second kappa shape index (κ2) is 5.19. The molecule has 1 aliphatic heterocycles. The minimum absolute atomic E-state index is 0.132. The topological polar surface area (TPSA) is 61.4 Å². The second-order valence-corrected chi connectivity index (χ2v) is 4.52. The maximum atomic E-state index is 11.0. The van der Waals surface area contributed by atoms with Crippen molar-refractivity contribution < 1.29 is 9.90 Å². The molecule has 1 aliphatic rings. The molecule has 0 aliphatic carbocycles. The monoisotopic (exact) mass is 234 g/mol. The SMILES string of the molecule is CC(NC1CCC(=O)NC1)c1cccc(O)c1. The molecule has 17 heavy (non-hydrogen) atoms. The maximum absolute atomic E-state index is 11.0. The highest BCUT2D eigenvalue weighted by Gasteiger charge is 2.19. The molecule has 1 fully saturated rings. The van der Waals surface area contributed by atoms with Gasteiger partial charge in [0.1, 0.15) is 5.75 Å². The lowest BCUT2D eigenvalue weighted by molar-refractivity contribution is -0.122. The molecule has 1 heterocycles. The van der Waals surface area contributed by atoms with Crippen LogP contribution in [-0.4, -0.2) is 23.6 Å². The standard InChI is InChI=1S/C13H18N2O2/c1-9(10-3-2-4-12(16)7-10)15-11-5-6-13(17)14-8-11/h2-4,7,9,11,15-16H,5-6,8H2,1H3,(H,14,17). The highest BCUT2D eigenvalue weighted by atomic mass is 16.3. The third-order valence-corrected chi connectivity index (χ3v) is 3.12. The number of piperidine rings is 1. The predicted molar refractivity (Wildman–Crippen MR) is 65.7 cm³/mol. The molecule has 0 bridgehead atoms. The van der Waals surface area contributed by atoms with Crippen molar-refractivity contribution >= 4 is 5.91 Å². The van der Waals surface area contributed by atoms with Crippen molar-refractivity contribution in [1.29, 1.82) is 0 Å². The summed E-state index contributed by atoms with van der Waals surface area (Å²) >= 11 is 0. The first-order chi connectivity index (χ1) is 8.15. The Balaban J connectivity index is 1.92. The van der Waals surface area contributed by atoms with Crippen molar-refractivity contribution in [3.05, 3.63) is 29.8 Å². The van der Waals surface area contributed by atoms with Crippen LogP contribution in [0.25, 0.3) is 0 Å². The molecule has 1 saturated heterocycles.